The zero-order valence-electron chi connectivity index (χ0n) is 61.9. The molecule has 0 saturated carbocycles. The number of anilines is 21. The van der Waals surface area contributed by atoms with Gasteiger partial charge in [0.2, 0.25) is 0 Å². The summed E-state index contributed by atoms with van der Waals surface area (Å²) < 4.78 is 14.9. The molecule has 6 heterocycles. The van der Waals surface area contributed by atoms with Gasteiger partial charge in [-0.2, -0.15) is 0 Å². The van der Waals surface area contributed by atoms with E-state index in [0.717, 1.165) is 164 Å². The molecule has 0 unspecified atom stereocenters. The van der Waals surface area contributed by atoms with Gasteiger partial charge in [0.05, 0.1) is 17.1 Å². The number of nitrogens with zero attached hydrogens (tertiary/aromatic N) is 7. The van der Waals surface area contributed by atoms with Crippen LogP contribution in [0.3, 0.4) is 0 Å². The Bertz CT molecular complexity index is 6130. The average molecular weight is 1460 g/mol. The van der Waals surface area contributed by atoms with E-state index in [9.17, 15) is 0 Å². The second-order valence-electron chi connectivity index (χ2n) is 29.9. The van der Waals surface area contributed by atoms with Crippen LogP contribution in [0.2, 0.25) is 0 Å². The van der Waals surface area contributed by atoms with Gasteiger partial charge in [0.25, 0.3) is 20.1 Å². The number of para-hydroxylation sites is 12. The summed E-state index contributed by atoms with van der Waals surface area (Å²) in [4.78, 5) is 17.4. The molecule has 0 spiro atoms. The maximum atomic E-state index is 7.43. The smallest absolute Gasteiger partial charge is 0.256 e. The molecule has 114 heavy (non-hydrogen) atoms. The van der Waals surface area contributed by atoms with E-state index in [1.165, 1.54) is 27.3 Å². The van der Waals surface area contributed by atoms with Crippen LogP contribution >= 0.6 is 0 Å². The third-order valence-corrected chi connectivity index (χ3v) is 23.5. The van der Waals surface area contributed by atoms with E-state index in [-0.39, 0.29) is 20.1 Å². The number of hydrogen-bond donors (Lipinski definition) is 0. The van der Waals surface area contributed by atoms with Crippen LogP contribution in [0.1, 0.15) is 0 Å². The van der Waals surface area contributed by atoms with Crippen LogP contribution in [0, 0.1) is 0 Å². The lowest BCUT2D eigenvalue weighted by molar-refractivity contribution is 0.487. The fraction of sp³-hybridized carbons (Fsp3) is 0. The zero-order valence-corrected chi connectivity index (χ0v) is 61.9. The van der Waals surface area contributed by atoms with Gasteiger partial charge in [0, 0.05) is 115 Å². The fourth-order valence-electron chi connectivity index (χ4n) is 18.9. The minimum absolute atomic E-state index is 0.264. The van der Waals surface area contributed by atoms with Crippen molar-refractivity contribution in [3.63, 3.8) is 0 Å². The molecular weight excluding hydrogens is 1390 g/mol. The largest absolute Gasteiger partial charge is 0.458 e. The predicted molar refractivity (Wildman–Crippen MR) is 476 cm³/mol. The number of benzene rings is 17. The van der Waals surface area contributed by atoms with Gasteiger partial charge in [0.15, 0.2) is 0 Å². The van der Waals surface area contributed by atoms with Gasteiger partial charge in [0.1, 0.15) is 23.0 Å². The van der Waals surface area contributed by atoms with Crippen molar-refractivity contribution in [3.05, 3.63) is 413 Å². The highest BCUT2D eigenvalue weighted by molar-refractivity contribution is 7.04. The molecule has 0 aromatic heterocycles. The van der Waals surface area contributed by atoms with Gasteiger partial charge in [-0.25, -0.2) is 0 Å². The third kappa shape index (κ3) is 10.3. The quantitative estimate of drug-likeness (QED) is 0.105. The number of rotatable bonds is 13. The monoisotopic (exact) mass is 1460 g/mol. The van der Waals surface area contributed by atoms with Crippen molar-refractivity contribution in [2.75, 3.05) is 34.3 Å². The van der Waals surface area contributed by atoms with Gasteiger partial charge in [-0.1, -0.05) is 231 Å². The molecule has 0 fully saturated rings. The van der Waals surface area contributed by atoms with E-state index in [4.69, 9.17) is 9.47 Å². The third-order valence-electron chi connectivity index (χ3n) is 23.5. The Labute approximate surface area is 663 Å². The lowest BCUT2D eigenvalue weighted by Crippen LogP contribution is -2.66. The Morgan fingerprint density at radius 1 is 0.167 bits per heavy atom. The Morgan fingerprint density at radius 2 is 0.386 bits per heavy atom. The molecule has 532 valence electrons. The van der Waals surface area contributed by atoms with Crippen molar-refractivity contribution in [1.29, 1.82) is 0 Å². The van der Waals surface area contributed by atoms with Gasteiger partial charge in [-0.3, -0.25) is 0 Å². The van der Waals surface area contributed by atoms with Crippen molar-refractivity contribution >= 4 is 189 Å². The van der Waals surface area contributed by atoms with E-state index >= 15 is 0 Å². The van der Waals surface area contributed by atoms with E-state index in [1.54, 1.807) is 0 Å². The molecule has 0 saturated heterocycles. The SMILES string of the molecule is c1ccc(N(c2ccccc2)c2cc3c4c(c2)N(c2ccccc2)c2cc5c(cc2B4c2ccccc2O3)B2c3cc4c(cc3N(c3ccccc3)c3cc(N(c6ccccc6)c6ccccc6)cc(c32)N5c2ccccc2)N(c2ccccc2)c2cc(N(c3ccccc3)c3ccccc3)cc3c2B4c2ccccc2O3)cc1. The second kappa shape index (κ2) is 26.4. The molecule has 6 aliphatic rings. The summed E-state index contributed by atoms with van der Waals surface area (Å²) in [5.74, 6) is 3.29. The van der Waals surface area contributed by atoms with E-state index in [1.807, 2.05) is 0 Å². The Balaban J connectivity index is 0.844. The molecule has 6 aliphatic heterocycles. The first kappa shape index (κ1) is 65.1. The first-order chi connectivity index (χ1) is 56.6. The lowest BCUT2D eigenvalue weighted by atomic mass is 9.29. The van der Waals surface area contributed by atoms with E-state index in [0.29, 0.717) is 0 Å². The van der Waals surface area contributed by atoms with Crippen molar-refractivity contribution < 1.29 is 9.47 Å². The van der Waals surface area contributed by atoms with Gasteiger partial charge in [-0.15, -0.1) is 0 Å². The van der Waals surface area contributed by atoms with Crippen LogP contribution in [0.4, 0.5) is 119 Å². The molecule has 17 aromatic rings. The summed E-state index contributed by atoms with van der Waals surface area (Å²) >= 11 is 0. The van der Waals surface area contributed by atoms with Crippen LogP contribution in [-0.4, -0.2) is 20.1 Å². The van der Waals surface area contributed by atoms with Gasteiger partial charge < -0.3 is 43.8 Å². The molecule has 0 amide bonds. The highest BCUT2D eigenvalue weighted by Gasteiger charge is 2.51. The Kier molecular flexibility index (Phi) is 15.1. The van der Waals surface area contributed by atoms with Crippen molar-refractivity contribution in [1.82, 2.24) is 0 Å². The summed E-state index contributed by atoms with van der Waals surface area (Å²) in [5, 5.41) is 0. The molecule has 0 N–H and O–H groups in total. The highest BCUT2D eigenvalue weighted by Crippen LogP contribution is 2.54. The molecule has 9 nitrogen and oxygen atoms in total. The minimum Gasteiger partial charge on any atom is -0.458 e. The maximum Gasteiger partial charge on any atom is 0.256 e. The lowest BCUT2D eigenvalue weighted by Gasteiger charge is -2.48. The molecule has 23 rings (SSSR count). The van der Waals surface area contributed by atoms with E-state index in [2.05, 4.69) is 447 Å². The van der Waals surface area contributed by atoms with Crippen molar-refractivity contribution in [2.45, 2.75) is 0 Å². The second-order valence-corrected chi connectivity index (χ2v) is 29.9. The van der Waals surface area contributed by atoms with Crippen LogP contribution in [0.15, 0.2) is 413 Å². The van der Waals surface area contributed by atoms with Crippen molar-refractivity contribution in [3.8, 4) is 23.0 Å². The summed E-state index contributed by atoms with van der Waals surface area (Å²) in [5.41, 5.74) is 32.2. The average Bonchev–Trinajstić information content (AvgIpc) is 0.682. The Hall–Kier alpha value is -14.9. The number of fused-ring (bicyclic) bond motifs is 12. The molecule has 0 bridgehead atoms. The number of ether oxygens (including phenoxy) is 2. The van der Waals surface area contributed by atoms with Crippen molar-refractivity contribution in [2.24, 2.45) is 0 Å². The topological polar surface area (TPSA) is 41.1 Å². The van der Waals surface area contributed by atoms with Gasteiger partial charge in [-0.05, 0) is 219 Å². The molecule has 0 aliphatic carbocycles. The summed E-state index contributed by atoms with van der Waals surface area (Å²) in [6, 6.07) is 151. The summed E-state index contributed by atoms with van der Waals surface area (Å²) in [6.07, 6.45) is 0. The van der Waals surface area contributed by atoms with Gasteiger partial charge >= 0.3 is 0 Å². The zero-order chi connectivity index (χ0) is 74.9. The van der Waals surface area contributed by atoms with Crippen LogP contribution < -0.4 is 92.9 Å². The van der Waals surface area contributed by atoms with Crippen LogP contribution in [0.25, 0.3) is 0 Å². The number of hydrogen-bond acceptors (Lipinski definition) is 9. The summed E-state index contributed by atoms with van der Waals surface area (Å²) in [6.45, 7) is -0.894. The fourth-order valence-corrected chi connectivity index (χ4v) is 18.9. The molecule has 0 radical (unpaired) electrons. The summed E-state index contributed by atoms with van der Waals surface area (Å²) in [7, 11) is 0. The first-order valence-electron chi connectivity index (χ1n) is 39.1. The predicted octanol–water partition coefficient (Wildman–Crippen LogP) is 21.0. The molecule has 17 aromatic carbocycles. The standard InChI is InChI=1S/C102H68B3N7O2/c1-11-35-69(36-12-1)106(70-37-13-2-14-38-70)79-59-92-100-93(60-79)110(76-49-25-8-26-50-76)91-68-89-85(104-83-56-32-34-58-97(83)114-99-64-81(62-95(102(99)104)112(89)78-53-29-10-30-54-78)108(73-43-19-5-20-44-73)74-45-21-6-22-46-74)66-87(91)105(100)86-65-84-88(67-90(86)109(92)75-47-23-7-24-48-75)111(77-51-27-9-28-52-77)94-61-80(63-98-101(94)103(84)82-55-31-33-57-96(82)113-98)107(71-39-15-3-16-40-71)72-41-17-4-18-42-72/h1-68H. The molecule has 12 heteroatoms. The first-order valence-corrected chi connectivity index (χ1v) is 39.1. The maximum absolute atomic E-state index is 7.43. The Morgan fingerprint density at radius 3 is 0.658 bits per heavy atom. The molecule has 0 atom stereocenters. The minimum atomic E-state index is -0.367. The normalized spacial score (nSPS) is 13.1. The molecular formula is C102H68B3N7O2. The van der Waals surface area contributed by atoms with E-state index < -0.39 is 0 Å². The van der Waals surface area contributed by atoms with Crippen LogP contribution in [-0.2, 0) is 0 Å². The van der Waals surface area contributed by atoms with Crippen LogP contribution in [0.5, 0.6) is 23.0 Å². The highest BCUT2D eigenvalue weighted by atomic mass is 16.5.